The highest BCUT2D eigenvalue weighted by atomic mass is 19.1. The Bertz CT molecular complexity index is 394. The van der Waals surface area contributed by atoms with Crippen LogP contribution in [-0.2, 0) is 11.2 Å². The molecule has 0 aromatic heterocycles. The monoisotopic (exact) mass is 256 g/mol. The van der Waals surface area contributed by atoms with Gasteiger partial charge in [-0.2, -0.15) is 0 Å². The minimum Gasteiger partial charge on any atom is -0.378 e. The summed E-state index contributed by atoms with van der Waals surface area (Å²) in [5, 5.41) is 0. The summed E-state index contributed by atoms with van der Waals surface area (Å²) in [6.45, 7) is 2.70. The molecule has 1 aromatic rings. The first kappa shape index (κ1) is 13.4. The first-order valence-corrected chi connectivity index (χ1v) is 6.13. The standard InChI is InChI=1S/C13H18F2N2O/c1-8-12(2-3-18-8)13(17-16)6-9-4-10(14)7-11(15)5-9/h4-5,7-8,12-13,17H,2-3,6,16H2,1H3. The molecule has 3 nitrogen and oxygen atoms in total. The first-order valence-electron chi connectivity index (χ1n) is 6.13. The van der Waals surface area contributed by atoms with Crippen LogP contribution in [0.15, 0.2) is 18.2 Å². The van der Waals surface area contributed by atoms with Gasteiger partial charge in [0.25, 0.3) is 0 Å². The smallest absolute Gasteiger partial charge is 0.126 e. The number of ether oxygens (including phenoxy) is 1. The van der Waals surface area contributed by atoms with Gasteiger partial charge in [0.2, 0.25) is 0 Å². The fraction of sp³-hybridized carbons (Fsp3) is 0.538. The van der Waals surface area contributed by atoms with Crippen LogP contribution in [0.5, 0.6) is 0 Å². The second-order valence-electron chi connectivity index (χ2n) is 4.78. The quantitative estimate of drug-likeness (QED) is 0.637. The van der Waals surface area contributed by atoms with Crippen molar-refractivity contribution < 1.29 is 13.5 Å². The summed E-state index contributed by atoms with van der Waals surface area (Å²) in [4.78, 5) is 0. The largest absolute Gasteiger partial charge is 0.378 e. The summed E-state index contributed by atoms with van der Waals surface area (Å²) < 4.78 is 31.7. The van der Waals surface area contributed by atoms with Gasteiger partial charge in [-0.15, -0.1) is 0 Å². The average Bonchev–Trinajstić information content (AvgIpc) is 2.71. The van der Waals surface area contributed by atoms with Crippen LogP contribution < -0.4 is 11.3 Å². The molecular formula is C13H18F2N2O. The van der Waals surface area contributed by atoms with E-state index in [0.717, 1.165) is 12.5 Å². The molecule has 18 heavy (non-hydrogen) atoms. The lowest BCUT2D eigenvalue weighted by Gasteiger charge is -2.25. The van der Waals surface area contributed by atoms with E-state index in [1.54, 1.807) is 0 Å². The number of hydrogen-bond acceptors (Lipinski definition) is 3. The van der Waals surface area contributed by atoms with Crippen molar-refractivity contribution in [3.63, 3.8) is 0 Å². The third kappa shape index (κ3) is 3.04. The number of hydrazine groups is 1. The van der Waals surface area contributed by atoms with Gasteiger partial charge in [0.15, 0.2) is 0 Å². The summed E-state index contributed by atoms with van der Waals surface area (Å²) in [7, 11) is 0. The molecule has 1 fully saturated rings. The Morgan fingerprint density at radius 1 is 1.39 bits per heavy atom. The molecule has 3 unspecified atom stereocenters. The van der Waals surface area contributed by atoms with Crippen LogP contribution in [0.1, 0.15) is 18.9 Å². The Labute approximate surface area is 105 Å². The van der Waals surface area contributed by atoms with E-state index < -0.39 is 11.6 Å². The van der Waals surface area contributed by atoms with E-state index in [9.17, 15) is 8.78 Å². The molecule has 0 spiro atoms. The molecule has 0 saturated carbocycles. The van der Waals surface area contributed by atoms with Crippen LogP contribution in [0.4, 0.5) is 8.78 Å². The molecule has 3 N–H and O–H groups in total. The molecule has 100 valence electrons. The van der Waals surface area contributed by atoms with Crippen LogP contribution in [0.25, 0.3) is 0 Å². The summed E-state index contributed by atoms with van der Waals surface area (Å²) in [6.07, 6.45) is 1.52. The van der Waals surface area contributed by atoms with Gasteiger partial charge in [-0.25, -0.2) is 8.78 Å². The zero-order chi connectivity index (χ0) is 13.1. The molecule has 0 aliphatic carbocycles. The molecule has 1 heterocycles. The van der Waals surface area contributed by atoms with Crippen LogP contribution in [-0.4, -0.2) is 18.8 Å². The number of benzene rings is 1. The van der Waals surface area contributed by atoms with E-state index in [1.165, 1.54) is 12.1 Å². The Balaban J connectivity index is 2.09. The minimum atomic E-state index is -0.559. The molecule has 0 radical (unpaired) electrons. The third-order valence-electron chi connectivity index (χ3n) is 3.54. The van der Waals surface area contributed by atoms with Crippen molar-refractivity contribution in [2.45, 2.75) is 31.9 Å². The summed E-state index contributed by atoms with van der Waals surface area (Å²) in [5.41, 5.74) is 3.34. The maximum absolute atomic E-state index is 13.1. The Hall–Kier alpha value is -1.04. The van der Waals surface area contributed by atoms with Crippen molar-refractivity contribution >= 4 is 0 Å². The predicted molar refractivity (Wildman–Crippen MR) is 64.7 cm³/mol. The van der Waals surface area contributed by atoms with Crippen LogP contribution in [0.3, 0.4) is 0 Å². The molecule has 3 atom stereocenters. The van der Waals surface area contributed by atoms with Gasteiger partial charge in [0, 0.05) is 24.6 Å². The number of rotatable bonds is 4. The minimum absolute atomic E-state index is 0.0382. The molecule has 1 aliphatic heterocycles. The number of halogens is 2. The Morgan fingerprint density at radius 3 is 2.56 bits per heavy atom. The van der Waals surface area contributed by atoms with Gasteiger partial charge in [0.1, 0.15) is 11.6 Å². The van der Waals surface area contributed by atoms with E-state index in [-0.39, 0.29) is 18.1 Å². The summed E-state index contributed by atoms with van der Waals surface area (Å²) >= 11 is 0. The van der Waals surface area contributed by atoms with Gasteiger partial charge in [0.05, 0.1) is 6.10 Å². The normalized spacial score (nSPS) is 25.3. The van der Waals surface area contributed by atoms with E-state index in [1.807, 2.05) is 6.92 Å². The Morgan fingerprint density at radius 2 is 2.06 bits per heavy atom. The SMILES string of the molecule is CC1OCCC1C(Cc1cc(F)cc(F)c1)NN. The van der Waals surface area contributed by atoms with Crippen molar-refractivity contribution in [3.8, 4) is 0 Å². The zero-order valence-corrected chi connectivity index (χ0v) is 10.3. The lowest BCUT2D eigenvalue weighted by atomic mass is 9.89. The second-order valence-corrected chi connectivity index (χ2v) is 4.78. The topological polar surface area (TPSA) is 47.3 Å². The lowest BCUT2D eigenvalue weighted by molar-refractivity contribution is 0.0954. The van der Waals surface area contributed by atoms with Crippen molar-refractivity contribution in [2.24, 2.45) is 11.8 Å². The Kier molecular flexibility index (Phi) is 4.27. The van der Waals surface area contributed by atoms with Gasteiger partial charge in [-0.05, 0) is 37.5 Å². The number of nitrogens with two attached hydrogens (primary N) is 1. The molecule has 2 rings (SSSR count). The van der Waals surface area contributed by atoms with Crippen molar-refractivity contribution in [2.75, 3.05) is 6.61 Å². The highest BCUT2D eigenvalue weighted by Crippen LogP contribution is 2.26. The second kappa shape index (κ2) is 5.73. The van der Waals surface area contributed by atoms with Crippen molar-refractivity contribution in [1.82, 2.24) is 5.43 Å². The lowest BCUT2D eigenvalue weighted by Crippen LogP contribution is -2.44. The van der Waals surface area contributed by atoms with E-state index in [2.05, 4.69) is 5.43 Å². The molecule has 1 saturated heterocycles. The van der Waals surface area contributed by atoms with Gasteiger partial charge >= 0.3 is 0 Å². The summed E-state index contributed by atoms with van der Waals surface area (Å²) in [6, 6.07) is 3.51. The molecule has 1 aliphatic rings. The predicted octanol–water partition coefficient (Wildman–Crippen LogP) is 1.76. The fourth-order valence-corrected chi connectivity index (χ4v) is 2.59. The maximum Gasteiger partial charge on any atom is 0.126 e. The van der Waals surface area contributed by atoms with Gasteiger partial charge < -0.3 is 4.74 Å². The van der Waals surface area contributed by atoms with E-state index >= 15 is 0 Å². The van der Waals surface area contributed by atoms with Crippen LogP contribution in [0.2, 0.25) is 0 Å². The third-order valence-corrected chi connectivity index (χ3v) is 3.54. The zero-order valence-electron chi connectivity index (χ0n) is 10.3. The number of nitrogens with one attached hydrogen (secondary N) is 1. The summed E-state index contributed by atoms with van der Waals surface area (Å²) in [5.74, 6) is 4.69. The fourth-order valence-electron chi connectivity index (χ4n) is 2.59. The average molecular weight is 256 g/mol. The first-order chi connectivity index (χ1) is 8.60. The maximum atomic E-state index is 13.1. The van der Waals surface area contributed by atoms with Gasteiger partial charge in [-0.3, -0.25) is 11.3 Å². The molecule has 0 bridgehead atoms. The highest BCUT2D eigenvalue weighted by molar-refractivity contribution is 5.19. The van der Waals surface area contributed by atoms with E-state index in [4.69, 9.17) is 10.6 Å². The highest BCUT2D eigenvalue weighted by Gasteiger charge is 2.31. The van der Waals surface area contributed by atoms with Crippen molar-refractivity contribution in [1.29, 1.82) is 0 Å². The van der Waals surface area contributed by atoms with Gasteiger partial charge in [-0.1, -0.05) is 0 Å². The van der Waals surface area contributed by atoms with Crippen LogP contribution in [0, 0.1) is 17.6 Å². The van der Waals surface area contributed by atoms with Crippen LogP contribution >= 0.6 is 0 Å². The number of hydrogen-bond donors (Lipinski definition) is 2. The molecule has 0 amide bonds. The van der Waals surface area contributed by atoms with E-state index in [0.29, 0.717) is 18.6 Å². The van der Waals surface area contributed by atoms with Crippen molar-refractivity contribution in [3.05, 3.63) is 35.4 Å². The molecular weight excluding hydrogens is 238 g/mol. The molecule has 1 aromatic carbocycles. The molecule has 5 heteroatoms.